The minimum atomic E-state index is -0.512. The zero-order chi connectivity index (χ0) is 22.4. The van der Waals surface area contributed by atoms with Gasteiger partial charge >= 0.3 is 5.97 Å². The standard InChI is InChI=1S/C25H21N3O4/c1-14(25(29)31-4)21-19-13-16-12-18(30-3)10-11-20(16)26-23(19)32-24-22(21)15(2)27-28(24)17-8-6-5-7-9-17/h5-13,21H,1H2,2-4H3/t21-/m0/s1. The molecule has 0 aliphatic carbocycles. The van der Waals surface area contributed by atoms with Crippen LogP contribution in [0.4, 0.5) is 0 Å². The number of carbonyl (C=O) groups is 1. The van der Waals surface area contributed by atoms with Gasteiger partial charge in [0, 0.05) is 16.5 Å². The number of para-hydroxylation sites is 1. The van der Waals surface area contributed by atoms with Crippen molar-refractivity contribution in [2.75, 3.05) is 14.2 Å². The first-order valence-electron chi connectivity index (χ1n) is 10.1. The van der Waals surface area contributed by atoms with E-state index < -0.39 is 11.9 Å². The number of carbonyl (C=O) groups excluding carboxylic acids is 1. The lowest BCUT2D eigenvalue weighted by Gasteiger charge is -2.27. The number of fused-ring (bicyclic) bond motifs is 3. The second kappa shape index (κ2) is 7.53. The van der Waals surface area contributed by atoms with Gasteiger partial charge in [-0.1, -0.05) is 24.8 Å². The van der Waals surface area contributed by atoms with Crippen LogP contribution in [0.2, 0.25) is 0 Å². The van der Waals surface area contributed by atoms with Gasteiger partial charge in [-0.05, 0) is 43.3 Å². The maximum absolute atomic E-state index is 12.6. The van der Waals surface area contributed by atoms with Gasteiger partial charge in [-0.15, -0.1) is 0 Å². The molecule has 160 valence electrons. The van der Waals surface area contributed by atoms with Crippen molar-refractivity contribution in [3.8, 4) is 23.2 Å². The van der Waals surface area contributed by atoms with Crippen LogP contribution < -0.4 is 9.47 Å². The van der Waals surface area contributed by atoms with E-state index in [9.17, 15) is 4.79 Å². The van der Waals surface area contributed by atoms with Gasteiger partial charge in [0.05, 0.1) is 42.6 Å². The van der Waals surface area contributed by atoms with Gasteiger partial charge in [0.1, 0.15) is 5.75 Å². The van der Waals surface area contributed by atoms with Crippen molar-refractivity contribution in [1.82, 2.24) is 14.8 Å². The van der Waals surface area contributed by atoms with Crippen LogP contribution in [0.3, 0.4) is 0 Å². The van der Waals surface area contributed by atoms with E-state index in [1.54, 1.807) is 11.8 Å². The smallest absolute Gasteiger partial charge is 0.334 e. The number of hydrogen-bond acceptors (Lipinski definition) is 6. The summed E-state index contributed by atoms with van der Waals surface area (Å²) in [4.78, 5) is 17.3. The summed E-state index contributed by atoms with van der Waals surface area (Å²) in [5.41, 5.74) is 4.10. The van der Waals surface area contributed by atoms with E-state index >= 15 is 0 Å². The van der Waals surface area contributed by atoms with E-state index in [1.165, 1.54) is 7.11 Å². The minimum absolute atomic E-state index is 0.290. The molecule has 4 aromatic rings. The Balaban J connectivity index is 1.77. The van der Waals surface area contributed by atoms with Crippen molar-refractivity contribution < 1.29 is 19.0 Å². The fourth-order valence-electron chi connectivity index (χ4n) is 4.12. The summed E-state index contributed by atoms with van der Waals surface area (Å²) in [5, 5.41) is 5.58. The number of aryl methyl sites for hydroxylation is 1. The highest BCUT2D eigenvalue weighted by Gasteiger charge is 2.38. The Morgan fingerprint density at radius 2 is 1.91 bits per heavy atom. The van der Waals surface area contributed by atoms with Gasteiger partial charge in [0.15, 0.2) is 0 Å². The number of aromatic nitrogens is 3. The van der Waals surface area contributed by atoms with Crippen molar-refractivity contribution in [3.63, 3.8) is 0 Å². The molecule has 0 unspecified atom stereocenters. The molecule has 0 radical (unpaired) electrons. The highest BCUT2D eigenvalue weighted by molar-refractivity contribution is 5.92. The maximum Gasteiger partial charge on any atom is 0.334 e. The van der Waals surface area contributed by atoms with Crippen molar-refractivity contribution in [2.24, 2.45) is 0 Å². The summed E-state index contributed by atoms with van der Waals surface area (Å²) < 4.78 is 18.4. The highest BCUT2D eigenvalue weighted by Crippen LogP contribution is 2.49. The molecule has 0 N–H and O–H groups in total. The summed E-state index contributed by atoms with van der Waals surface area (Å²) in [6, 6.07) is 17.3. The first-order chi connectivity index (χ1) is 15.5. The Kier molecular flexibility index (Phi) is 4.66. The van der Waals surface area contributed by atoms with Crippen LogP contribution in [-0.4, -0.2) is 35.0 Å². The molecule has 0 bridgehead atoms. The number of esters is 1. The molecule has 7 nitrogen and oxygen atoms in total. The molecular weight excluding hydrogens is 406 g/mol. The van der Waals surface area contributed by atoms with Crippen LogP contribution in [0.1, 0.15) is 22.7 Å². The molecule has 0 spiro atoms. The summed E-state index contributed by atoms with van der Waals surface area (Å²) in [7, 11) is 2.96. The summed E-state index contributed by atoms with van der Waals surface area (Å²) >= 11 is 0. The van der Waals surface area contributed by atoms with Crippen LogP contribution in [-0.2, 0) is 9.53 Å². The molecule has 0 saturated heterocycles. The normalized spacial score (nSPS) is 14.3. The topological polar surface area (TPSA) is 75.5 Å². The molecular formula is C25H21N3O4. The molecule has 7 heteroatoms. The molecule has 1 aliphatic rings. The number of rotatable bonds is 4. The Morgan fingerprint density at radius 1 is 1.12 bits per heavy atom. The highest BCUT2D eigenvalue weighted by atomic mass is 16.5. The van der Waals surface area contributed by atoms with Gasteiger partial charge in [0.25, 0.3) is 0 Å². The summed E-state index contributed by atoms with van der Waals surface area (Å²) in [6.45, 7) is 5.95. The van der Waals surface area contributed by atoms with E-state index in [-0.39, 0.29) is 5.57 Å². The van der Waals surface area contributed by atoms with E-state index in [0.717, 1.165) is 33.4 Å². The maximum atomic E-state index is 12.6. The zero-order valence-corrected chi connectivity index (χ0v) is 18.0. The molecule has 5 rings (SSSR count). The fraction of sp³-hybridized carbons (Fsp3) is 0.160. The molecule has 0 fully saturated rings. The van der Waals surface area contributed by atoms with Crippen LogP contribution in [0.5, 0.6) is 17.5 Å². The zero-order valence-electron chi connectivity index (χ0n) is 18.0. The SMILES string of the molecule is C=C(C(=O)OC)[C@H]1c2cc3cc(OC)ccc3nc2Oc2c1c(C)nn2-c1ccccc1. The molecule has 0 amide bonds. The number of hydrogen-bond donors (Lipinski definition) is 0. The van der Waals surface area contributed by atoms with Crippen molar-refractivity contribution >= 4 is 16.9 Å². The van der Waals surface area contributed by atoms with Crippen molar-refractivity contribution in [2.45, 2.75) is 12.8 Å². The second-order valence-corrected chi connectivity index (χ2v) is 7.54. The average molecular weight is 427 g/mol. The fourth-order valence-corrected chi connectivity index (χ4v) is 4.12. The van der Waals surface area contributed by atoms with E-state index in [4.69, 9.17) is 24.3 Å². The number of nitrogens with zero attached hydrogens (tertiary/aromatic N) is 3. The number of pyridine rings is 1. The summed E-state index contributed by atoms with van der Waals surface area (Å²) in [5.74, 6) is 0.625. The van der Waals surface area contributed by atoms with Crippen molar-refractivity contribution in [1.29, 1.82) is 0 Å². The lowest BCUT2D eigenvalue weighted by Crippen LogP contribution is -2.19. The summed E-state index contributed by atoms with van der Waals surface area (Å²) in [6.07, 6.45) is 0. The van der Waals surface area contributed by atoms with Crippen molar-refractivity contribution in [3.05, 3.63) is 83.6 Å². The quantitative estimate of drug-likeness (QED) is 0.347. The molecule has 2 aromatic carbocycles. The lowest BCUT2D eigenvalue weighted by atomic mass is 9.84. The monoisotopic (exact) mass is 427 g/mol. The second-order valence-electron chi connectivity index (χ2n) is 7.54. The Morgan fingerprint density at radius 3 is 2.62 bits per heavy atom. The molecule has 3 heterocycles. The minimum Gasteiger partial charge on any atom is -0.497 e. The van der Waals surface area contributed by atoms with Crippen LogP contribution in [0.15, 0.2) is 66.7 Å². The molecule has 32 heavy (non-hydrogen) atoms. The van der Waals surface area contributed by atoms with Gasteiger partial charge in [0.2, 0.25) is 11.8 Å². The number of benzene rings is 2. The lowest BCUT2D eigenvalue weighted by molar-refractivity contribution is -0.136. The number of ether oxygens (including phenoxy) is 3. The van der Waals surface area contributed by atoms with Gasteiger partial charge < -0.3 is 14.2 Å². The Bertz CT molecular complexity index is 1380. The van der Waals surface area contributed by atoms with Gasteiger partial charge in [-0.25, -0.2) is 14.5 Å². The predicted molar refractivity (Wildman–Crippen MR) is 120 cm³/mol. The van der Waals surface area contributed by atoms with E-state index in [1.807, 2.05) is 61.5 Å². The molecule has 1 atom stereocenters. The average Bonchev–Trinajstić information content (AvgIpc) is 3.16. The molecule has 2 aromatic heterocycles. The largest absolute Gasteiger partial charge is 0.497 e. The Hall–Kier alpha value is -4.13. The van der Waals surface area contributed by atoms with Crippen LogP contribution >= 0.6 is 0 Å². The van der Waals surface area contributed by atoms with Gasteiger partial charge in [-0.3, -0.25) is 0 Å². The first kappa shape index (κ1) is 19.8. The Labute approximate surface area is 184 Å². The van der Waals surface area contributed by atoms with Gasteiger partial charge in [-0.2, -0.15) is 5.10 Å². The third-order valence-corrected chi connectivity index (χ3v) is 5.67. The van der Waals surface area contributed by atoms with Crippen LogP contribution in [0, 0.1) is 6.92 Å². The first-order valence-corrected chi connectivity index (χ1v) is 10.1. The van der Waals surface area contributed by atoms with Crippen LogP contribution in [0.25, 0.3) is 16.6 Å². The third kappa shape index (κ3) is 3.01. The number of methoxy groups -OCH3 is 2. The third-order valence-electron chi connectivity index (χ3n) is 5.67. The molecule has 0 saturated carbocycles. The van der Waals surface area contributed by atoms with E-state index in [0.29, 0.717) is 17.5 Å². The van der Waals surface area contributed by atoms with E-state index in [2.05, 4.69) is 6.58 Å². The predicted octanol–water partition coefficient (Wildman–Crippen LogP) is 4.70. The molecule has 1 aliphatic heterocycles.